The third-order valence-electron chi connectivity index (χ3n) is 2.58. The second kappa shape index (κ2) is 3.47. The van der Waals surface area contributed by atoms with E-state index < -0.39 is 0 Å². The molecule has 0 bridgehead atoms. The Kier molecular flexibility index (Phi) is 1.98. The van der Waals surface area contributed by atoms with E-state index in [0.717, 1.165) is 11.4 Å². The fourth-order valence-corrected chi connectivity index (χ4v) is 1.79. The van der Waals surface area contributed by atoms with E-state index in [4.69, 9.17) is 4.74 Å². The van der Waals surface area contributed by atoms with Crippen molar-refractivity contribution in [3.8, 4) is 11.5 Å². The summed E-state index contributed by atoms with van der Waals surface area (Å²) in [5.41, 5.74) is 1.43. The van der Waals surface area contributed by atoms with Gasteiger partial charge in [-0.25, -0.2) is 10.1 Å². The summed E-state index contributed by atoms with van der Waals surface area (Å²) in [5, 5.41) is 1.61. The Bertz CT molecular complexity index is 563. The third kappa shape index (κ3) is 1.38. The normalized spacial score (nSPS) is 13.4. The summed E-state index contributed by atoms with van der Waals surface area (Å²) < 4.78 is 5.72. The van der Waals surface area contributed by atoms with Gasteiger partial charge in [0.15, 0.2) is 11.4 Å². The molecule has 1 amide bonds. The maximum Gasteiger partial charge on any atom is 0.351 e. The number of ether oxygens (including phenoxy) is 1. The number of carbonyl (C=O) groups is 1. The van der Waals surface area contributed by atoms with E-state index >= 15 is 0 Å². The van der Waals surface area contributed by atoms with Crippen LogP contribution in [0, 0.1) is 0 Å². The van der Waals surface area contributed by atoms with Gasteiger partial charge in [0.1, 0.15) is 11.3 Å². The van der Waals surface area contributed by atoms with Crippen LogP contribution in [0.4, 0.5) is 5.69 Å². The molecule has 0 spiro atoms. The Morgan fingerprint density at radius 2 is 1.56 bits per heavy atom. The van der Waals surface area contributed by atoms with Gasteiger partial charge in [-0.15, -0.1) is 0 Å². The van der Waals surface area contributed by atoms with Crippen LogP contribution in [-0.4, -0.2) is 5.91 Å². The van der Waals surface area contributed by atoms with Gasteiger partial charge in [0.2, 0.25) is 0 Å². The van der Waals surface area contributed by atoms with Crippen molar-refractivity contribution in [2.75, 3.05) is 0 Å². The van der Waals surface area contributed by atoms with Gasteiger partial charge in [-0.05, 0) is 18.2 Å². The predicted molar refractivity (Wildman–Crippen MR) is 58.9 cm³/mol. The van der Waals surface area contributed by atoms with Crippen LogP contribution in [0.1, 0.15) is 10.4 Å². The number of rotatable bonds is 0. The Morgan fingerprint density at radius 3 is 2.44 bits per heavy atom. The molecular formula is C13H10NO2+. The molecule has 0 unspecified atom stereocenters. The van der Waals surface area contributed by atoms with Crippen LogP contribution in [0.2, 0.25) is 0 Å². The van der Waals surface area contributed by atoms with Crippen molar-refractivity contribution in [1.82, 2.24) is 0 Å². The van der Waals surface area contributed by atoms with Crippen molar-refractivity contribution in [3.05, 3.63) is 54.1 Å². The molecule has 2 N–H and O–H groups in total. The lowest BCUT2D eigenvalue weighted by Gasteiger charge is -2.03. The van der Waals surface area contributed by atoms with Crippen molar-refractivity contribution in [2.45, 2.75) is 0 Å². The van der Waals surface area contributed by atoms with Gasteiger partial charge in [-0.3, -0.25) is 0 Å². The van der Waals surface area contributed by atoms with Crippen LogP contribution in [-0.2, 0) is 0 Å². The third-order valence-corrected chi connectivity index (χ3v) is 2.58. The summed E-state index contributed by atoms with van der Waals surface area (Å²) in [6.45, 7) is 0. The fraction of sp³-hybridized carbons (Fsp3) is 0. The van der Waals surface area contributed by atoms with Crippen LogP contribution >= 0.6 is 0 Å². The number of quaternary nitrogens is 1. The number of primary amides is 1. The maximum atomic E-state index is 11.9. The highest BCUT2D eigenvalue weighted by atomic mass is 16.5. The summed E-state index contributed by atoms with van der Waals surface area (Å²) in [6.07, 6.45) is 0. The summed E-state index contributed by atoms with van der Waals surface area (Å²) in [5.74, 6) is 1.33. The van der Waals surface area contributed by atoms with Gasteiger partial charge in [0, 0.05) is 6.07 Å². The van der Waals surface area contributed by atoms with Crippen molar-refractivity contribution in [1.29, 1.82) is 0 Å². The molecule has 1 aliphatic heterocycles. The monoisotopic (exact) mass is 212 g/mol. The van der Waals surface area contributed by atoms with Crippen molar-refractivity contribution in [3.63, 3.8) is 0 Å². The number of hydrogen-bond acceptors (Lipinski definition) is 2. The summed E-state index contributed by atoms with van der Waals surface area (Å²) in [6, 6.07) is 14.8. The molecule has 0 aromatic heterocycles. The van der Waals surface area contributed by atoms with Gasteiger partial charge in [-0.1, -0.05) is 24.3 Å². The Morgan fingerprint density at radius 1 is 0.875 bits per heavy atom. The summed E-state index contributed by atoms with van der Waals surface area (Å²) >= 11 is 0. The van der Waals surface area contributed by atoms with E-state index in [1.165, 1.54) is 0 Å². The van der Waals surface area contributed by atoms with Crippen molar-refractivity contribution < 1.29 is 14.8 Å². The molecule has 1 heterocycles. The van der Waals surface area contributed by atoms with Gasteiger partial charge in [-0.2, -0.15) is 0 Å². The van der Waals surface area contributed by atoms with Crippen LogP contribution in [0.25, 0.3) is 0 Å². The molecule has 0 aliphatic carbocycles. The molecule has 0 fully saturated rings. The zero-order valence-corrected chi connectivity index (χ0v) is 8.51. The molecule has 3 nitrogen and oxygen atoms in total. The number of nitrogens with two attached hydrogens (primary N) is 1. The van der Waals surface area contributed by atoms with Gasteiger partial charge >= 0.3 is 5.91 Å². The number of carbonyl (C=O) groups excluding carboxylic acids is 1. The average molecular weight is 212 g/mol. The van der Waals surface area contributed by atoms with Crippen molar-refractivity contribution >= 4 is 11.6 Å². The first-order valence-electron chi connectivity index (χ1n) is 5.09. The Labute approximate surface area is 92.7 Å². The van der Waals surface area contributed by atoms with E-state index in [9.17, 15) is 4.79 Å². The van der Waals surface area contributed by atoms with Crippen LogP contribution in [0.15, 0.2) is 48.5 Å². The summed E-state index contributed by atoms with van der Waals surface area (Å²) in [7, 11) is 0. The molecule has 3 heteroatoms. The van der Waals surface area contributed by atoms with E-state index in [2.05, 4.69) is 0 Å². The van der Waals surface area contributed by atoms with Crippen molar-refractivity contribution in [2.24, 2.45) is 0 Å². The number of amides is 1. The first-order chi connectivity index (χ1) is 7.84. The molecule has 0 radical (unpaired) electrons. The smallest absolute Gasteiger partial charge is 0.351 e. The van der Waals surface area contributed by atoms with Crippen LogP contribution in [0.5, 0.6) is 11.5 Å². The number of para-hydroxylation sites is 3. The van der Waals surface area contributed by atoms with Crippen LogP contribution < -0.4 is 10.1 Å². The highest BCUT2D eigenvalue weighted by Crippen LogP contribution is 2.30. The van der Waals surface area contributed by atoms with E-state index in [1.54, 1.807) is 11.4 Å². The van der Waals surface area contributed by atoms with Crippen LogP contribution in [0.3, 0.4) is 0 Å². The zero-order valence-electron chi connectivity index (χ0n) is 8.51. The largest absolute Gasteiger partial charge is 0.450 e. The maximum absolute atomic E-state index is 11.9. The Hall–Kier alpha value is -2.13. The number of benzene rings is 2. The lowest BCUT2D eigenvalue weighted by atomic mass is 10.2. The van der Waals surface area contributed by atoms with Gasteiger partial charge in [0.25, 0.3) is 0 Å². The highest BCUT2D eigenvalue weighted by Gasteiger charge is 2.23. The first kappa shape index (κ1) is 9.12. The summed E-state index contributed by atoms with van der Waals surface area (Å²) in [4.78, 5) is 11.9. The molecule has 16 heavy (non-hydrogen) atoms. The van der Waals surface area contributed by atoms with Gasteiger partial charge in [0.05, 0.1) is 0 Å². The molecule has 0 saturated heterocycles. The topological polar surface area (TPSA) is 42.9 Å². The second-order valence-corrected chi connectivity index (χ2v) is 3.64. The minimum atomic E-state index is -0.0134. The molecule has 0 saturated carbocycles. The van der Waals surface area contributed by atoms with E-state index in [0.29, 0.717) is 11.3 Å². The van der Waals surface area contributed by atoms with Gasteiger partial charge < -0.3 is 4.74 Å². The number of hydrogen-bond donors (Lipinski definition) is 1. The molecular weight excluding hydrogens is 202 g/mol. The molecule has 2 aromatic carbocycles. The lowest BCUT2D eigenvalue weighted by Crippen LogP contribution is -2.81. The molecule has 2 aromatic rings. The zero-order chi connectivity index (χ0) is 11.0. The quantitative estimate of drug-likeness (QED) is 0.677. The predicted octanol–water partition coefficient (Wildman–Crippen LogP) is 1.83. The first-order valence-corrected chi connectivity index (χ1v) is 5.09. The minimum Gasteiger partial charge on any atom is -0.450 e. The molecule has 78 valence electrons. The lowest BCUT2D eigenvalue weighted by molar-refractivity contribution is -0.463. The Balaban J connectivity index is 2.18. The molecule has 1 aliphatic rings. The average Bonchev–Trinajstić information content (AvgIpc) is 2.45. The SMILES string of the molecule is O=C1[NH2+]c2ccccc2Oc2ccccc21. The standard InChI is InChI=1S/C13H9NO2/c15-13-9-5-1-3-7-11(9)16-12-8-4-2-6-10(12)14-13/h1-8H,(H,14,15)/p+1. The number of fused-ring (bicyclic) bond motifs is 2. The van der Waals surface area contributed by atoms with E-state index in [-0.39, 0.29) is 5.91 Å². The fourth-order valence-electron chi connectivity index (χ4n) is 1.79. The minimum absolute atomic E-state index is 0.0134. The molecule has 3 rings (SSSR count). The highest BCUT2D eigenvalue weighted by molar-refractivity contribution is 5.92. The van der Waals surface area contributed by atoms with E-state index in [1.807, 2.05) is 42.5 Å². The second-order valence-electron chi connectivity index (χ2n) is 3.64. The molecule has 0 atom stereocenters.